The Kier molecular flexibility index (Phi) is 54.5. The molecule has 0 spiro atoms. The van der Waals surface area contributed by atoms with Crippen LogP contribution < -0.4 is 5.32 Å². The lowest BCUT2D eigenvalue weighted by atomic mass is 10.0. The van der Waals surface area contributed by atoms with E-state index in [-0.39, 0.29) is 31.5 Å². The first-order valence-corrected chi connectivity index (χ1v) is 33.2. The highest BCUT2D eigenvalue weighted by atomic mass is 31.2. The summed E-state index contributed by atoms with van der Waals surface area (Å²) in [5, 5.41) is 3.04. The first-order chi connectivity index (χ1) is 37.9. The fourth-order valence-corrected chi connectivity index (χ4v) is 9.36. The third kappa shape index (κ3) is 57.4. The Hall–Kier alpha value is -3.33. The number of rotatable bonds is 56. The van der Waals surface area contributed by atoms with Crippen LogP contribution in [0.5, 0.6) is 0 Å². The molecule has 9 nitrogen and oxygen atoms in total. The molecule has 0 aliphatic carbocycles. The quantitative estimate of drug-likeness (QED) is 0.0205. The lowest BCUT2D eigenvalue weighted by molar-refractivity contribution is -0.870. The third-order valence-electron chi connectivity index (χ3n) is 13.5. The highest BCUT2D eigenvalue weighted by molar-refractivity contribution is 7.47. The summed E-state index contributed by atoms with van der Waals surface area (Å²) in [5.41, 5.74) is 0. The second-order valence-corrected chi connectivity index (χ2v) is 23.6. The molecule has 0 aromatic carbocycles. The van der Waals surface area contributed by atoms with E-state index < -0.39 is 20.0 Å². The zero-order valence-corrected chi connectivity index (χ0v) is 52.0. The van der Waals surface area contributed by atoms with Gasteiger partial charge in [0.05, 0.1) is 33.8 Å². The number of likely N-dealkylation sites (N-methyl/N-ethyl adjacent to an activating group) is 1. The molecule has 0 saturated heterocycles. The van der Waals surface area contributed by atoms with Gasteiger partial charge in [0.1, 0.15) is 19.3 Å². The van der Waals surface area contributed by atoms with Crippen molar-refractivity contribution in [3.05, 3.63) is 109 Å². The van der Waals surface area contributed by atoms with Crippen molar-refractivity contribution in [3.63, 3.8) is 0 Å². The number of carbonyl (C=O) groups is 2. The molecular weight excluding hydrogens is 988 g/mol. The molecule has 1 amide bonds. The number of hydrogen-bond donors (Lipinski definition) is 2. The lowest BCUT2D eigenvalue weighted by Crippen LogP contribution is -2.47. The lowest BCUT2D eigenvalue weighted by Gasteiger charge is -2.27. The van der Waals surface area contributed by atoms with Gasteiger partial charge in [-0.05, 0) is 109 Å². The van der Waals surface area contributed by atoms with E-state index in [0.717, 1.165) is 122 Å². The van der Waals surface area contributed by atoms with Crippen LogP contribution >= 0.6 is 7.82 Å². The van der Waals surface area contributed by atoms with Crippen LogP contribution in [0, 0.1) is 0 Å². The molecule has 0 heterocycles. The van der Waals surface area contributed by atoms with Crippen molar-refractivity contribution in [3.8, 4) is 0 Å². The summed E-state index contributed by atoms with van der Waals surface area (Å²) in [7, 11) is 1.47. The van der Waals surface area contributed by atoms with Crippen LogP contribution in [0.25, 0.3) is 0 Å². The Morgan fingerprint density at radius 1 is 0.462 bits per heavy atom. The maximum atomic E-state index is 13.5. The second-order valence-electron chi connectivity index (χ2n) is 22.2. The summed E-state index contributed by atoms with van der Waals surface area (Å²) >= 11 is 0. The minimum absolute atomic E-state index is 0.0304. The highest BCUT2D eigenvalue weighted by Crippen LogP contribution is 2.43. The molecule has 0 radical (unpaired) electrons. The Morgan fingerprint density at radius 3 is 1.23 bits per heavy atom. The normalized spacial score (nSPS) is 14.4. The molecule has 0 bridgehead atoms. The van der Waals surface area contributed by atoms with Crippen LogP contribution in [0.4, 0.5) is 0 Å². The van der Waals surface area contributed by atoms with E-state index in [9.17, 15) is 19.0 Å². The topological polar surface area (TPSA) is 111 Å². The molecule has 0 aliphatic heterocycles. The predicted octanol–water partition coefficient (Wildman–Crippen LogP) is 19.7. The van der Waals surface area contributed by atoms with Crippen LogP contribution in [0.2, 0.25) is 0 Å². The van der Waals surface area contributed by atoms with Crippen molar-refractivity contribution >= 4 is 19.7 Å². The number of unbranched alkanes of at least 4 members (excludes halogenated alkanes) is 24. The van der Waals surface area contributed by atoms with Crippen LogP contribution in [0.1, 0.15) is 258 Å². The van der Waals surface area contributed by atoms with Crippen molar-refractivity contribution < 1.29 is 37.3 Å². The monoisotopic (exact) mass is 1110 g/mol. The summed E-state index contributed by atoms with van der Waals surface area (Å²) in [4.78, 5) is 37.7. The largest absolute Gasteiger partial charge is 0.472 e. The van der Waals surface area contributed by atoms with E-state index in [1.165, 1.54) is 103 Å². The molecule has 78 heavy (non-hydrogen) atoms. The zero-order chi connectivity index (χ0) is 57.2. The summed E-state index contributed by atoms with van der Waals surface area (Å²) in [6.45, 7) is 6.75. The van der Waals surface area contributed by atoms with Gasteiger partial charge in [0, 0.05) is 12.8 Å². The van der Waals surface area contributed by atoms with Gasteiger partial charge in [0.25, 0.3) is 0 Å². The van der Waals surface area contributed by atoms with E-state index in [4.69, 9.17) is 13.8 Å². The molecule has 0 saturated carbocycles. The maximum absolute atomic E-state index is 13.5. The molecular formula is C68H120N2O7P+. The number of nitrogens with zero attached hydrogens (tertiary/aromatic N) is 1. The minimum Gasteiger partial charge on any atom is -0.456 e. The van der Waals surface area contributed by atoms with Crippen molar-refractivity contribution in [2.75, 3.05) is 40.9 Å². The van der Waals surface area contributed by atoms with Crippen LogP contribution in [0.15, 0.2) is 109 Å². The second kappa shape index (κ2) is 56.9. The molecule has 10 heteroatoms. The number of hydrogen-bond acceptors (Lipinski definition) is 6. The number of ether oxygens (including phenoxy) is 1. The fraction of sp³-hybridized carbons (Fsp3) is 0.706. The van der Waals surface area contributed by atoms with Gasteiger partial charge < -0.3 is 19.4 Å². The van der Waals surface area contributed by atoms with E-state index in [1.54, 1.807) is 0 Å². The predicted molar refractivity (Wildman–Crippen MR) is 337 cm³/mol. The Bertz CT molecular complexity index is 1700. The highest BCUT2D eigenvalue weighted by Gasteiger charge is 2.30. The van der Waals surface area contributed by atoms with E-state index in [1.807, 2.05) is 33.3 Å². The van der Waals surface area contributed by atoms with Crippen LogP contribution in [-0.2, 0) is 27.9 Å². The number of phosphoric acid groups is 1. The standard InChI is InChI=1S/C68H119N2O7P/c1-7-10-13-16-19-22-25-27-29-30-31-32-33-34-35-36-37-38-39-40-41-43-46-49-52-55-58-61-68(72)77-66(59-56-53-50-47-44-24-21-18-15-12-9-3)65(64-76-78(73,74)75-63-62-70(4,5)6)69-67(71)60-57-54-51-48-45-42-28-26-23-20-17-14-11-8-2/h10-11,13-14,19-20,22-23,27-29,31-32,34-35,42,56,59,65-66H,7-9,12,15-18,21,24-26,30,33,36-41,43-55,57-58,60-64H2,1-6H3,(H-,69,71,73,74)/p+1/b13-10-,14-11+,22-19-,23-20+,29-27-,32-31-,35-34-,42-28+,59-56-. The molecule has 0 aromatic rings. The molecule has 0 fully saturated rings. The molecule has 3 unspecified atom stereocenters. The maximum Gasteiger partial charge on any atom is 0.472 e. The van der Waals surface area contributed by atoms with Crippen molar-refractivity contribution in [1.29, 1.82) is 0 Å². The third-order valence-corrected chi connectivity index (χ3v) is 14.4. The van der Waals surface area contributed by atoms with Crippen molar-refractivity contribution in [2.45, 2.75) is 270 Å². The molecule has 3 atom stereocenters. The Balaban J connectivity index is 5.09. The van der Waals surface area contributed by atoms with Gasteiger partial charge in [-0.25, -0.2) is 4.57 Å². The smallest absolute Gasteiger partial charge is 0.456 e. The van der Waals surface area contributed by atoms with Gasteiger partial charge in [-0.2, -0.15) is 0 Å². The molecule has 0 rings (SSSR count). The van der Waals surface area contributed by atoms with Crippen LogP contribution in [-0.4, -0.2) is 74.3 Å². The van der Waals surface area contributed by atoms with Gasteiger partial charge in [-0.1, -0.05) is 246 Å². The number of nitrogens with one attached hydrogen (secondary N) is 1. The van der Waals surface area contributed by atoms with Crippen LogP contribution in [0.3, 0.4) is 0 Å². The minimum atomic E-state index is -4.46. The number of carbonyl (C=O) groups excluding carboxylic acids is 2. The number of esters is 1. The number of quaternary nitrogens is 1. The van der Waals surface area contributed by atoms with E-state index in [2.05, 4.69) is 123 Å². The van der Waals surface area contributed by atoms with Gasteiger partial charge in [0.15, 0.2) is 0 Å². The zero-order valence-electron chi connectivity index (χ0n) is 51.1. The molecule has 0 aliphatic rings. The van der Waals surface area contributed by atoms with Gasteiger partial charge in [-0.3, -0.25) is 18.6 Å². The number of allylic oxidation sites excluding steroid dienone is 17. The van der Waals surface area contributed by atoms with Gasteiger partial charge >= 0.3 is 13.8 Å². The first-order valence-electron chi connectivity index (χ1n) is 31.7. The summed E-state index contributed by atoms with van der Waals surface area (Å²) in [5.74, 6) is -0.540. The fourth-order valence-electron chi connectivity index (χ4n) is 8.63. The van der Waals surface area contributed by atoms with E-state index >= 15 is 0 Å². The Labute approximate surface area is 481 Å². The van der Waals surface area contributed by atoms with Crippen molar-refractivity contribution in [1.82, 2.24) is 5.32 Å². The molecule has 2 N–H and O–H groups in total. The Morgan fingerprint density at radius 2 is 0.821 bits per heavy atom. The van der Waals surface area contributed by atoms with Gasteiger partial charge in [-0.15, -0.1) is 0 Å². The number of phosphoric ester groups is 1. The first kappa shape index (κ1) is 74.7. The molecule has 0 aromatic heterocycles. The summed E-state index contributed by atoms with van der Waals surface area (Å²) in [6, 6.07) is -0.867. The van der Waals surface area contributed by atoms with E-state index in [0.29, 0.717) is 17.4 Å². The SMILES string of the molecule is CC/C=C\C/C=C\C/C=C\C/C=C\C/C=C\CCCCCCCCCCCCCC(=O)OC(/C=C\CCCCCCCCCCC)C(COP(=O)(O)OCC[N+](C)(C)C)NC(=O)CCCCCC/C=C/C/C=C/C/C=C/CC. The van der Waals surface area contributed by atoms with Gasteiger partial charge in [0.2, 0.25) is 5.91 Å². The summed E-state index contributed by atoms with van der Waals surface area (Å²) < 4.78 is 30.7. The average Bonchev–Trinajstić information content (AvgIpc) is 3.40. The average molecular weight is 1110 g/mol. The summed E-state index contributed by atoms with van der Waals surface area (Å²) in [6.07, 6.45) is 78.1. The molecule has 448 valence electrons. The number of amides is 1. The van der Waals surface area contributed by atoms with Crippen molar-refractivity contribution in [2.24, 2.45) is 0 Å².